The predicted octanol–water partition coefficient (Wildman–Crippen LogP) is 5.13. The molecule has 32 heavy (non-hydrogen) atoms. The zero-order valence-electron chi connectivity index (χ0n) is 18.3. The van der Waals surface area contributed by atoms with Crippen LogP contribution in [-0.2, 0) is 22.6 Å². The van der Waals surface area contributed by atoms with Gasteiger partial charge in [-0.3, -0.25) is 9.59 Å². The first-order chi connectivity index (χ1) is 15.5. The fraction of sp³-hybridized carbons (Fsp3) is 0.231. The number of amides is 2. The fourth-order valence-electron chi connectivity index (χ4n) is 3.37. The molecule has 0 saturated heterocycles. The Morgan fingerprint density at radius 1 is 0.938 bits per heavy atom. The summed E-state index contributed by atoms with van der Waals surface area (Å²) < 4.78 is 0. The Bertz CT molecular complexity index is 1020. The van der Waals surface area contributed by atoms with Crippen molar-refractivity contribution in [2.45, 2.75) is 30.8 Å². The van der Waals surface area contributed by atoms with Crippen molar-refractivity contribution in [2.75, 3.05) is 12.8 Å². The lowest BCUT2D eigenvalue weighted by Gasteiger charge is -2.31. The molecule has 166 valence electrons. The Morgan fingerprint density at radius 2 is 1.59 bits per heavy atom. The van der Waals surface area contributed by atoms with E-state index >= 15 is 0 Å². The van der Waals surface area contributed by atoms with Gasteiger partial charge in [-0.2, -0.15) is 0 Å². The zero-order chi connectivity index (χ0) is 22.9. The minimum Gasteiger partial charge on any atom is -0.357 e. The monoisotopic (exact) mass is 466 g/mol. The molecule has 0 unspecified atom stereocenters. The van der Waals surface area contributed by atoms with Crippen LogP contribution >= 0.6 is 23.4 Å². The van der Waals surface area contributed by atoms with E-state index in [0.717, 1.165) is 21.6 Å². The van der Waals surface area contributed by atoms with Crippen LogP contribution in [0, 0.1) is 6.92 Å². The molecule has 0 radical (unpaired) electrons. The average molecular weight is 467 g/mol. The van der Waals surface area contributed by atoms with Crippen molar-refractivity contribution < 1.29 is 9.59 Å². The third-order valence-corrected chi connectivity index (χ3v) is 6.42. The van der Waals surface area contributed by atoms with Gasteiger partial charge in [-0.05, 0) is 42.3 Å². The molecule has 2 amide bonds. The summed E-state index contributed by atoms with van der Waals surface area (Å²) in [5.41, 5.74) is 3.15. The van der Waals surface area contributed by atoms with Gasteiger partial charge in [-0.15, -0.1) is 11.8 Å². The summed E-state index contributed by atoms with van der Waals surface area (Å²) in [6.45, 7) is 2.39. The van der Waals surface area contributed by atoms with Crippen LogP contribution in [-0.4, -0.2) is 35.6 Å². The van der Waals surface area contributed by atoms with Crippen LogP contribution in [0.3, 0.4) is 0 Å². The van der Waals surface area contributed by atoms with Crippen molar-refractivity contribution in [3.05, 3.63) is 101 Å². The minimum atomic E-state index is -0.609. The lowest BCUT2D eigenvalue weighted by molar-refractivity contribution is -0.139. The zero-order valence-corrected chi connectivity index (χ0v) is 19.8. The van der Waals surface area contributed by atoms with Crippen LogP contribution in [0.1, 0.15) is 16.7 Å². The van der Waals surface area contributed by atoms with E-state index < -0.39 is 6.04 Å². The molecule has 0 spiro atoms. The van der Waals surface area contributed by atoms with Gasteiger partial charge < -0.3 is 10.2 Å². The van der Waals surface area contributed by atoms with Crippen LogP contribution in [0.4, 0.5) is 0 Å². The highest BCUT2D eigenvalue weighted by molar-refractivity contribution is 8.00. The summed E-state index contributed by atoms with van der Waals surface area (Å²) in [6.07, 6.45) is 0.448. The van der Waals surface area contributed by atoms with E-state index in [2.05, 4.69) is 5.32 Å². The van der Waals surface area contributed by atoms with Crippen LogP contribution in [0.2, 0.25) is 5.02 Å². The van der Waals surface area contributed by atoms with Gasteiger partial charge in [0.1, 0.15) is 6.04 Å². The second-order valence-electron chi connectivity index (χ2n) is 7.57. The summed E-state index contributed by atoms with van der Waals surface area (Å²) in [5.74, 6) is -0.0312. The number of thioether (sulfide) groups is 1. The number of aryl methyl sites for hydroxylation is 1. The van der Waals surface area contributed by atoms with Gasteiger partial charge in [0, 0.05) is 29.9 Å². The standard InChI is InChI=1S/C26H27ClN2O2S/c1-19-8-10-21(11-9-19)17-29(25(30)18-32-23-14-12-22(27)13-15-23)24(26(31)28-2)16-20-6-4-3-5-7-20/h3-15,24H,16-18H2,1-2H3,(H,28,31)/t24-/m1/s1. The molecule has 0 aliphatic heterocycles. The van der Waals surface area contributed by atoms with Crippen LogP contribution in [0.5, 0.6) is 0 Å². The molecule has 0 saturated carbocycles. The molecule has 0 aliphatic rings. The first-order valence-corrected chi connectivity index (χ1v) is 11.8. The molecule has 0 heterocycles. The van der Waals surface area contributed by atoms with E-state index in [1.54, 1.807) is 24.1 Å². The number of carbonyl (C=O) groups is 2. The smallest absolute Gasteiger partial charge is 0.242 e. The molecule has 0 fully saturated rings. The number of nitrogens with one attached hydrogen (secondary N) is 1. The largest absolute Gasteiger partial charge is 0.357 e. The van der Waals surface area contributed by atoms with Crippen molar-refractivity contribution in [1.82, 2.24) is 10.2 Å². The molecular formula is C26H27ClN2O2S. The molecular weight excluding hydrogens is 440 g/mol. The summed E-state index contributed by atoms with van der Waals surface area (Å²) in [7, 11) is 1.61. The van der Waals surface area contributed by atoms with E-state index in [-0.39, 0.29) is 17.6 Å². The minimum absolute atomic E-state index is 0.0879. The number of hydrogen-bond acceptors (Lipinski definition) is 3. The maximum atomic E-state index is 13.4. The Labute approximate surface area is 199 Å². The Kier molecular flexibility index (Phi) is 8.77. The summed E-state index contributed by atoms with van der Waals surface area (Å²) >= 11 is 7.41. The number of carbonyl (C=O) groups excluding carboxylic acids is 2. The number of rotatable bonds is 9. The normalized spacial score (nSPS) is 11.6. The lowest BCUT2D eigenvalue weighted by atomic mass is 10.0. The first-order valence-electron chi connectivity index (χ1n) is 10.4. The molecule has 1 atom stereocenters. The van der Waals surface area contributed by atoms with Crippen LogP contribution < -0.4 is 5.32 Å². The molecule has 0 aromatic heterocycles. The summed E-state index contributed by atoms with van der Waals surface area (Å²) in [5, 5.41) is 3.40. The average Bonchev–Trinajstić information content (AvgIpc) is 2.82. The van der Waals surface area contributed by atoms with E-state index in [0.29, 0.717) is 18.0 Å². The fourth-order valence-corrected chi connectivity index (χ4v) is 4.28. The number of hydrogen-bond donors (Lipinski definition) is 1. The second kappa shape index (κ2) is 11.7. The number of nitrogens with zero attached hydrogens (tertiary/aromatic N) is 1. The highest BCUT2D eigenvalue weighted by Gasteiger charge is 2.29. The van der Waals surface area contributed by atoms with E-state index in [9.17, 15) is 9.59 Å². The van der Waals surface area contributed by atoms with Crippen molar-refractivity contribution >= 4 is 35.2 Å². The number of likely N-dealkylation sites (N-methyl/N-ethyl adjacent to an activating group) is 1. The molecule has 3 aromatic carbocycles. The van der Waals surface area contributed by atoms with Gasteiger partial charge in [0.15, 0.2) is 0 Å². The predicted molar refractivity (Wildman–Crippen MR) is 132 cm³/mol. The first kappa shape index (κ1) is 23.9. The maximum absolute atomic E-state index is 13.4. The molecule has 3 aromatic rings. The third-order valence-electron chi connectivity index (χ3n) is 5.17. The van der Waals surface area contributed by atoms with Crippen LogP contribution in [0.25, 0.3) is 0 Å². The topological polar surface area (TPSA) is 49.4 Å². The molecule has 4 nitrogen and oxygen atoms in total. The van der Waals surface area contributed by atoms with Gasteiger partial charge in [-0.25, -0.2) is 0 Å². The number of halogens is 1. The van der Waals surface area contributed by atoms with Crippen molar-refractivity contribution in [3.63, 3.8) is 0 Å². The van der Waals surface area contributed by atoms with Crippen molar-refractivity contribution in [2.24, 2.45) is 0 Å². The molecule has 0 bridgehead atoms. The highest BCUT2D eigenvalue weighted by atomic mass is 35.5. The molecule has 1 N–H and O–H groups in total. The second-order valence-corrected chi connectivity index (χ2v) is 9.05. The lowest BCUT2D eigenvalue weighted by Crippen LogP contribution is -2.50. The molecule has 6 heteroatoms. The van der Waals surface area contributed by atoms with Gasteiger partial charge in [0.2, 0.25) is 11.8 Å². The van der Waals surface area contributed by atoms with Gasteiger partial charge in [-0.1, -0.05) is 71.8 Å². The van der Waals surface area contributed by atoms with E-state index in [1.807, 2.05) is 73.7 Å². The van der Waals surface area contributed by atoms with Crippen molar-refractivity contribution in [1.29, 1.82) is 0 Å². The van der Waals surface area contributed by atoms with Gasteiger partial charge in [0.05, 0.1) is 5.75 Å². The SMILES string of the molecule is CNC(=O)[C@@H](Cc1ccccc1)N(Cc1ccc(C)cc1)C(=O)CSc1ccc(Cl)cc1. The molecule has 3 rings (SSSR count). The molecule has 0 aliphatic carbocycles. The van der Waals surface area contributed by atoms with Crippen molar-refractivity contribution in [3.8, 4) is 0 Å². The Balaban J connectivity index is 1.85. The number of benzene rings is 3. The summed E-state index contributed by atoms with van der Waals surface area (Å²) in [4.78, 5) is 28.9. The Hall–Kier alpha value is -2.76. The van der Waals surface area contributed by atoms with E-state index in [4.69, 9.17) is 11.6 Å². The highest BCUT2D eigenvalue weighted by Crippen LogP contribution is 2.22. The van der Waals surface area contributed by atoms with Crippen LogP contribution in [0.15, 0.2) is 83.8 Å². The third kappa shape index (κ3) is 6.87. The Morgan fingerprint density at radius 3 is 2.22 bits per heavy atom. The summed E-state index contributed by atoms with van der Waals surface area (Å²) in [6, 6.07) is 24.6. The van der Waals surface area contributed by atoms with Gasteiger partial charge >= 0.3 is 0 Å². The van der Waals surface area contributed by atoms with Gasteiger partial charge in [0.25, 0.3) is 0 Å². The quantitative estimate of drug-likeness (QED) is 0.445. The van der Waals surface area contributed by atoms with E-state index in [1.165, 1.54) is 11.8 Å². The maximum Gasteiger partial charge on any atom is 0.242 e.